The first kappa shape index (κ1) is 15.7. The number of carboxylic acid groups (broad SMARTS) is 1. The van der Waals surface area contributed by atoms with E-state index in [-0.39, 0.29) is 6.61 Å². The van der Waals surface area contributed by atoms with E-state index in [1.54, 1.807) is 12.1 Å². The lowest BCUT2D eigenvalue weighted by Crippen LogP contribution is -2.42. The van der Waals surface area contributed by atoms with Gasteiger partial charge in [-0.1, -0.05) is 13.3 Å². The molecule has 1 aromatic rings. The van der Waals surface area contributed by atoms with Gasteiger partial charge in [-0.05, 0) is 53.3 Å². The van der Waals surface area contributed by atoms with Gasteiger partial charge in [-0.2, -0.15) is 0 Å². The third kappa shape index (κ3) is 5.91. The highest BCUT2D eigenvalue weighted by molar-refractivity contribution is 14.1. The minimum atomic E-state index is -1.02. The Morgan fingerprint density at radius 3 is 2.53 bits per heavy atom. The zero-order valence-electron chi connectivity index (χ0n) is 10.6. The van der Waals surface area contributed by atoms with Crippen molar-refractivity contribution < 1.29 is 19.4 Å². The summed E-state index contributed by atoms with van der Waals surface area (Å²) in [7, 11) is 0. The number of amides is 1. The quantitative estimate of drug-likeness (QED) is 0.714. The Morgan fingerprint density at radius 1 is 1.37 bits per heavy atom. The average Bonchev–Trinajstić information content (AvgIpc) is 2.37. The Morgan fingerprint density at radius 2 is 2.00 bits per heavy atom. The molecule has 0 aliphatic carbocycles. The van der Waals surface area contributed by atoms with Crippen LogP contribution in [-0.2, 0) is 9.59 Å². The Labute approximate surface area is 125 Å². The smallest absolute Gasteiger partial charge is 0.326 e. The highest BCUT2D eigenvalue weighted by Crippen LogP contribution is 2.13. The van der Waals surface area contributed by atoms with Crippen molar-refractivity contribution in [1.82, 2.24) is 5.32 Å². The molecule has 1 aromatic carbocycles. The van der Waals surface area contributed by atoms with Crippen molar-refractivity contribution in [2.24, 2.45) is 0 Å². The highest BCUT2D eigenvalue weighted by atomic mass is 127. The van der Waals surface area contributed by atoms with E-state index in [0.717, 1.165) is 3.57 Å². The summed E-state index contributed by atoms with van der Waals surface area (Å²) < 4.78 is 6.35. The van der Waals surface area contributed by atoms with Gasteiger partial charge in [-0.15, -0.1) is 0 Å². The molecule has 1 unspecified atom stereocenters. The van der Waals surface area contributed by atoms with Crippen molar-refractivity contribution in [3.05, 3.63) is 27.8 Å². The molecule has 104 valence electrons. The molecular weight excluding hydrogens is 361 g/mol. The van der Waals surface area contributed by atoms with E-state index < -0.39 is 17.9 Å². The Bertz CT molecular complexity index is 433. The SMILES string of the molecule is CCCC(NC(=O)COc1ccc(I)cc1)C(=O)O. The van der Waals surface area contributed by atoms with Crippen LogP contribution in [0.2, 0.25) is 0 Å². The van der Waals surface area contributed by atoms with Gasteiger partial charge >= 0.3 is 5.97 Å². The van der Waals surface area contributed by atoms with Crippen LogP contribution in [0.4, 0.5) is 0 Å². The summed E-state index contributed by atoms with van der Waals surface area (Å²) >= 11 is 2.17. The summed E-state index contributed by atoms with van der Waals surface area (Å²) in [4.78, 5) is 22.5. The van der Waals surface area contributed by atoms with Gasteiger partial charge in [-0.3, -0.25) is 4.79 Å². The normalized spacial score (nSPS) is 11.7. The minimum Gasteiger partial charge on any atom is -0.484 e. The number of carbonyl (C=O) groups is 2. The van der Waals surface area contributed by atoms with Crippen LogP contribution in [0.1, 0.15) is 19.8 Å². The molecule has 0 heterocycles. The lowest BCUT2D eigenvalue weighted by Gasteiger charge is -2.13. The number of halogens is 1. The molecule has 0 bridgehead atoms. The molecule has 19 heavy (non-hydrogen) atoms. The molecule has 0 spiro atoms. The topological polar surface area (TPSA) is 75.6 Å². The van der Waals surface area contributed by atoms with E-state index in [1.807, 2.05) is 19.1 Å². The van der Waals surface area contributed by atoms with Crippen LogP contribution in [0.3, 0.4) is 0 Å². The van der Waals surface area contributed by atoms with Crippen LogP contribution in [0.25, 0.3) is 0 Å². The molecule has 0 saturated carbocycles. The van der Waals surface area contributed by atoms with Gasteiger partial charge in [0.25, 0.3) is 5.91 Å². The van der Waals surface area contributed by atoms with Crippen LogP contribution in [0, 0.1) is 3.57 Å². The number of benzene rings is 1. The second-order valence-electron chi connectivity index (χ2n) is 3.99. The summed E-state index contributed by atoms with van der Waals surface area (Å²) in [5.74, 6) is -0.873. The molecule has 1 rings (SSSR count). The van der Waals surface area contributed by atoms with Crippen LogP contribution >= 0.6 is 22.6 Å². The maximum atomic E-state index is 11.6. The molecule has 2 N–H and O–H groups in total. The largest absolute Gasteiger partial charge is 0.484 e. The number of ether oxygens (including phenoxy) is 1. The molecule has 0 saturated heterocycles. The number of carboxylic acids is 1. The van der Waals surface area contributed by atoms with Gasteiger partial charge in [0.05, 0.1) is 0 Å². The van der Waals surface area contributed by atoms with E-state index in [2.05, 4.69) is 27.9 Å². The standard InChI is InChI=1S/C13H16INO4/c1-2-3-11(13(17)18)15-12(16)8-19-10-6-4-9(14)5-7-10/h4-7,11H,2-3,8H2,1H3,(H,15,16)(H,17,18). The van der Waals surface area contributed by atoms with E-state index in [9.17, 15) is 9.59 Å². The summed E-state index contributed by atoms with van der Waals surface area (Å²) in [6, 6.07) is 6.40. The summed E-state index contributed by atoms with van der Waals surface area (Å²) in [5, 5.41) is 11.3. The van der Waals surface area contributed by atoms with E-state index in [1.165, 1.54) is 0 Å². The molecule has 6 heteroatoms. The molecule has 1 atom stereocenters. The maximum absolute atomic E-state index is 11.6. The van der Waals surface area contributed by atoms with Crippen molar-refractivity contribution >= 4 is 34.5 Å². The predicted octanol–water partition coefficient (Wildman–Crippen LogP) is 2.04. The summed E-state index contributed by atoms with van der Waals surface area (Å²) in [5.41, 5.74) is 0. The third-order valence-corrected chi connectivity index (χ3v) is 3.11. The van der Waals surface area contributed by atoms with Crippen molar-refractivity contribution in [3.8, 4) is 5.75 Å². The zero-order valence-corrected chi connectivity index (χ0v) is 12.7. The number of aliphatic carboxylic acids is 1. The molecule has 0 radical (unpaired) electrons. The lowest BCUT2D eigenvalue weighted by molar-refractivity contribution is -0.142. The Kier molecular flexibility index (Phi) is 6.61. The summed E-state index contributed by atoms with van der Waals surface area (Å²) in [6.07, 6.45) is 1.10. The fourth-order valence-corrected chi connectivity index (χ4v) is 1.82. The average molecular weight is 377 g/mol. The second kappa shape index (κ2) is 7.98. The molecule has 5 nitrogen and oxygen atoms in total. The predicted molar refractivity (Wildman–Crippen MR) is 79.1 cm³/mol. The zero-order chi connectivity index (χ0) is 14.3. The van der Waals surface area contributed by atoms with Gasteiger partial charge < -0.3 is 15.2 Å². The maximum Gasteiger partial charge on any atom is 0.326 e. The first-order valence-electron chi connectivity index (χ1n) is 5.93. The van der Waals surface area contributed by atoms with Gasteiger partial charge in [0, 0.05) is 3.57 Å². The Hall–Kier alpha value is -1.31. The monoisotopic (exact) mass is 377 g/mol. The number of carbonyl (C=O) groups excluding carboxylic acids is 1. The molecular formula is C13H16INO4. The molecule has 1 amide bonds. The summed E-state index contributed by atoms with van der Waals surface area (Å²) in [6.45, 7) is 1.68. The van der Waals surface area contributed by atoms with Gasteiger partial charge in [-0.25, -0.2) is 4.79 Å². The molecule has 0 aliphatic heterocycles. The lowest BCUT2D eigenvalue weighted by atomic mass is 10.2. The van der Waals surface area contributed by atoms with Crippen molar-refractivity contribution in [2.75, 3.05) is 6.61 Å². The highest BCUT2D eigenvalue weighted by Gasteiger charge is 2.18. The second-order valence-corrected chi connectivity index (χ2v) is 5.24. The molecule has 0 fully saturated rings. The van der Waals surface area contributed by atoms with Crippen molar-refractivity contribution in [1.29, 1.82) is 0 Å². The first-order chi connectivity index (χ1) is 9.02. The van der Waals surface area contributed by atoms with Crippen molar-refractivity contribution in [2.45, 2.75) is 25.8 Å². The number of nitrogens with one attached hydrogen (secondary N) is 1. The van der Waals surface area contributed by atoms with Crippen LogP contribution < -0.4 is 10.1 Å². The fourth-order valence-electron chi connectivity index (χ4n) is 1.46. The minimum absolute atomic E-state index is 0.186. The van der Waals surface area contributed by atoms with Crippen LogP contribution in [-0.4, -0.2) is 29.6 Å². The Balaban J connectivity index is 2.42. The molecule has 0 aliphatic rings. The van der Waals surface area contributed by atoms with Gasteiger partial charge in [0.2, 0.25) is 0 Å². The number of rotatable bonds is 7. The van der Waals surface area contributed by atoms with Gasteiger partial charge in [0.1, 0.15) is 11.8 Å². The van der Waals surface area contributed by atoms with E-state index in [4.69, 9.17) is 9.84 Å². The van der Waals surface area contributed by atoms with Crippen molar-refractivity contribution in [3.63, 3.8) is 0 Å². The molecule has 0 aromatic heterocycles. The van der Waals surface area contributed by atoms with E-state index >= 15 is 0 Å². The van der Waals surface area contributed by atoms with Crippen LogP contribution in [0.15, 0.2) is 24.3 Å². The van der Waals surface area contributed by atoms with E-state index in [0.29, 0.717) is 18.6 Å². The number of hydrogen-bond acceptors (Lipinski definition) is 3. The first-order valence-corrected chi connectivity index (χ1v) is 7.01. The van der Waals surface area contributed by atoms with Crippen LogP contribution in [0.5, 0.6) is 5.75 Å². The number of hydrogen-bond donors (Lipinski definition) is 2. The third-order valence-electron chi connectivity index (χ3n) is 2.39. The fraction of sp³-hybridized carbons (Fsp3) is 0.385. The van der Waals surface area contributed by atoms with Gasteiger partial charge in [0.15, 0.2) is 6.61 Å².